The van der Waals surface area contributed by atoms with Crippen molar-refractivity contribution in [1.29, 1.82) is 0 Å². The molecule has 1 aromatic carbocycles. The first kappa shape index (κ1) is 18.6. The highest BCUT2D eigenvalue weighted by Gasteiger charge is 2.33. The number of hydrogen-bond donors (Lipinski definition) is 1. The summed E-state index contributed by atoms with van der Waals surface area (Å²) in [7, 11) is 0. The highest BCUT2D eigenvalue weighted by molar-refractivity contribution is 5.82. The Balaban J connectivity index is 2.06. The molecule has 140 valence electrons. The van der Waals surface area contributed by atoms with Gasteiger partial charge in [0.2, 0.25) is 0 Å². The lowest BCUT2D eigenvalue weighted by molar-refractivity contribution is -0.116. The molecular formula is C20H26N2O4. The van der Waals surface area contributed by atoms with Crippen molar-refractivity contribution in [2.45, 2.75) is 59.1 Å². The summed E-state index contributed by atoms with van der Waals surface area (Å²) in [5.74, 6) is 0.0338. The van der Waals surface area contributed by atoms with Crippen LogP contribution in [0.5, 0.6) is 0 Å². The molecule has 1 aromatic heterocycles. The zero-order chi connectivity index (χ0) is 19.1. The number of rotatable bonds is 3. The number of carbonyl (C=O) groups excluding carboxylic acids is 1. The maximum Gasteiger partial charge on any atom is 0.329 e. The van der Waals surface area contributed by atoms with E-state index in [4.69, 9.17) is 4.74 Å². The fourth-order valence-corrected chi connectivity index (χ4v) is 3.62. The van der Waals surface area contributed by atoms with E-state index < -0.39 is 0 Å². The third-order valence-corrected chi connectivity index (χ3v) is 5.03. The van der Waals surface area contributed by atoms with Crippen LogP contribution in [0.1, 0.15) is 52.1 Å². The largest absolute Gasteiger partial charge is 0.378 e. The number of aromatic nitrogens is 2. The number of H-pyrrole nitrogens is 1. The van der Waals surface area contributed by atoms with E-state index in [1.54, 1.807) is 18.2 Å². The molecule has 2 atom stereocenters. The topological polar surface area (TPSA) is 81.2 Å². The minimum Gasteiger partial charge on any atom is -0.378 e. The van der Waals surface area contributed by atoms with Crippen LogP contribution in [0.15, 0.2) is 27.8 Å². The quantitative estimate of drug-likeness (QED) is 0.914. The second kappa shape index (κ2) is 6.83. The van der Waals surface area contributed by atoms with E-state index in [9.17, 15) is 14.4 Å². The summed E-state index contributed by atoms with van der Waals surface area (Å²) < 4.78 is 7.19. The molecule has 0 saturated carbocycles. The van der Waals surface area contributed by atoms with E-state index in [0.29, 0.717) is 30.4 Å². The molecule has 26 heavy (non-hydrogen) atoms. The van der Waals surface area contributed by atoms with E-state index in [1.165, 1.54) is 11.5 Å². The van der Waals surface area contributed by atoms with E-state index in [1.807, 2.05) is 0 Å². The molecule has 6 heteroatoms. The molecule has 0 unspecified atom stereocenters. The summed E-state index contributed by atoms with van der Waals surface area (Å²) in [5, 5.41) is 0.446. The van der Waals surface area contributed by atoms with Crippen molar-refractivity contribution in [3.05, 3.63) is 44.6 Å². The minimum absolute atomic E-state index is 0.00714. The van der Waals surface area contributed by atoms with E-state index in [0.717, 1.165) is 5.56 Å². The summed E-state index contributed by atoms with van der Waals surface area (Å²) in [6, 6.07) is 4.99. The standard InChI is InChI=1S/C20H26N2O4/c1-12(23)9-13-5-6-16-15(10-13)18(24)22(19(25)21-16)14-7-8-26-17(11-14)20(2,3)4/h5-6,10,14,17H,7-9,11H2,1-4H3,(H,21,25)/t14-,17+/m0/s1. The molecule has 3 rings (SSSR count). The van der Waals surface area contributed by atoms with Crippen LogP contribution in [0.25, 0.3) is 10.9 Å². The fourth-order valence-electron chi connectivity index (χ4n) is 3.62. The van der Waals surface area contributed by atoms with Crippen molar-refractivity contribution in [2.75, 3.05) is 6.61 Å². The van der Waals surface area contributed by atoms with E-state index >= 15 is 0 Å². The van der Waals surface area contributed by atoms with Crippen molar-refractivity contribution in [2.24, 2.45) is 5.41 Å². The zero-order valence-corrected chi connectivity index (χ0v) is 15.8. The van der Waals surface area contributed by atoms with Gasteiger partial charge in [-0.3, -0.25) is 14.2 Å². The molecule has 1 saturated heterocycles. The van der Waals surface area contributed by atoms with Gasteiger partial charge >= 0.3 is 5.69 Å². The van der Waals surface area contributed by atoms with Crippen LogP contribution < -0.4 is 11.2 Å². The summed E-state index contributed by atoms with van der Waals surface area (Å²) >= 11 is 0. The number of nitrogens with one attached hydrogen (secondary N) is 1. The molecule has 1 N–H and O–H groups in total. The molecule has 1 aliphatic heterocycles. The van der Waals surface area contributed by atoms with Gasteiger partial charge in [0.1, 0.15) is 5.78 Å². The van der Waals surface area contributed by atoms with Gasteiger partial charge in [-0.25, -0.2) is 4.79 Å². The van der Waals surface area contributed by atoms with Crippen molar-refractivity contribution in [3.8, 4) is 0 Å². The van der Waals surface area contributed by atoms with Crippen molar-refractivity contribution in [1.82, 2.24) is 9.55 Å². The Kier molecular flexibility index (Phi) is 4.88. The molecule has 1 fully saturated rings. The van der Waals surface area contributed by atoms with Gasteiger partial charge in [-0.2, -0.15) is 0 Å². The van der Waals surface area contributed by atoms with Gasteiger partial charge in [-0.05, 0) is 42.9 Å². The van der Waals surface area contributed by atoms with Gasteiger partial charge in [0.15, 0.2) is 0 Å². The summed E-state index contributed by atoms with van der Waals surface area (Å²) in [6.07, 6.45) is 1.53. The first-order valence-electron chi connectivity index (χ1n) is 9.05. The third kappa shape index (κ3) is 3.65. The second-order valence-electron chi connectivity index (χ2n) is 8.27. The van der Waals surface area contributed by atoms with Crippen LogP contribution in [0.4, 0.5) is 0 Å². The Morgan fingerprint density at radius 1 is 1.31 bits per heavy atom. The van der Waals surface area contributed by atoms with Gasteiger partial charge in [-0.1, -0.05) is 26.8 Å². The number of ketones is 1. The van der Waals surface area contributed by atoms with Crippen LogP contribution in [0.3, 0.4) is 0 Å². The van der Waals surface area contributed by atoms with Crippen LogP contribution in [-0.2, 0) is 16.0 Å². The number of carbonyl (C=O) groups is 1. The third-order valence-electron chi connectivity index (χ3n) is 5.03. The van der Waals surface area contributed by atoms with E-state index in [-0.39, 0.29) is 41.0 Å². The average molecular weight is 358 g/mol. The van der Waals surface area contributed by atoms with Crippen molar-refractivity contribution < 1.29 is 9.53 Å². The van der Waals surface area contributed by atoms with Crippen molar-refractivity contribution >= 4 is 16.7 Å². The molecule has 0 aliphatic carbocycles. The first-order chi connectivity index (χ1) is 12.2. The number of ether oxygens (including phenoxy) is 1. The predicted octanol–water partition coefficient (Wildman–Crippen LogP) is 2.59. The lowest BCUT2D eigenvalue weighted by Gasteiger charge is -2.37. The zero-order valence-electron chi connectivity index (χ0n) is 15.8. The summed E-state index contributed by atoms with van der Waals surface area (Å²) in [6.45, 7) is 8.34. The molecule has 0 spiro atoms. The smallest absolute Gasteiger partial charge is 0.329 e. The summed E-state index contributed by atoms with van der Waals surface area (Å²) in [5.41, 5.74) is 0.541. The van der Waals surface area contributed by atoms with Gasteiger partial charge < -0.3 is 9.72 Å². The molecule has 0 amide bonds. The van der Waals surface area contributed by atoms with Crippen LogP contribution >= 0.6 is 0 Å². The molecule has 0 radical (unpaired) electrons. The molecule has 2 aromatic rings. The molecular weight excluding hydrogens is 332 g/mol. The van der Waals surface area contributed by atoms with Crippen molar-refractivity contribution in [3.63, 3.8) is 0 Å². The number of Topliss-reactive ketones (excluding diaryl/α,β-unsaturated/α-hetero) is 1. The Morgan fingerprint density at radius 3 is 2.69 bits per heavy atom. The van der Waals surface area contributed by atoms with Crippen LogP contribution in [-0.4, -0.2) is 28.0 Å². The first-order valence-corrected chi connectivity index (χ1v) is 9.05. The Labute approximate surface area is 152 Å². The van der Waals surface area contributed by atoms with Gasteiger partial charge in [-0.15, -0.1) is 0 Å². The van der Waals surface area contributed by atoms with Crippen LogP contribution in [0, 0.1) is 5.41 Å². The second-order valence-corrected chi connectivity index (χ2v) is 8.27. The maximum absolute atomic E-state index is 13.1. The maximum atomic E-state index is 13.1. The SMILES string of the molecule is CC(=O)Cc1ccc2[nH]c(=O)n([C@H]3CCO[C@@H](C(C)(C)C)C3)c(=O)c2c1. The van der Waals surface area contributed by atoms with Gasteiger partial charge in [0.25, 0.3) is 5.56 Å². The highest BCUT2D eigenvalue weighted by atomic mass is 16.5. The monoisotopic (exact) mass is 358 g/mol. The predicted molar refractivity (Wildman–Crippen MR) is 101 cm³/mol. The molecule has 1 aliphatic rings. The Hall–Kier alpha value is -2.21. The lowest BCUT2D eigenvalue weighted by atomic mass is 9.83. The van der Waals surface area contributed by atoms with Gasteiger partial charge in [0.05, 0.1) is 17.0 Å². The summed E-state index contributed by atoms with van der Waals surface area (Å²) in [4.78, 5) is 39.8. The normalized spacial score (nSPS) is 21.1. The average Bonchev–Trinajstić information content (AvgIpc) is 2.54. The lowest BCUT2D eigenvalue weighted by Crippen LogP contribution is -2.44. The van der Waals surface area contributed by atoms with E-state index in [2.05, 4.69) is 25.8 Å². The molecule has 2 heterocycles. The molecule has 0 bridgehead atoms. The fraction of sp³-hybridized carbons (Fsp3) is 0.550. The molecule has 6 nitrogen and oxygen atoms in total. The Bertz CT molecular complexity index is 949. The highest BCUT2D eigenvalue weighted by Crippen LogP contribution is 2.33. The number of benzene rings is 1. The van der Waals surface area contributed by atoms with Crippen LogP contribution in [0.2, 0.25) is 0 Å². The number of aromatic amines is 1. The minimum atomic E-state index is -0.388. The number of nitrogens with zero attached hydrogens (tertiary/aromatic N) is 1. The number of hydrogen-bond acceptors (Lipinski definition) is 4. The van der Waals surface area contributed by atoms with Gasteiger partial charge in [0, 0.05) is 19.1 Å². The Morgan fingerprint density at radius 2 is 2.04 bits per heavy atom. The number of fused-ring (bicyclic) bond motifs is 1.